The Morgan fingerprint density at radius 3 is 2.76 bits per heavy atom. The highest BCUT2D eigenvalue weighted by atomic mass is 32.1. The minimum atomic E-state index is 0.613. The summed E-state index contributed by atoms with van der Waals surface area (Å²) in [5.41, 5.74) is 7.99. The van der Waals surface area contributed by atoms with Crippen LogP contribution in [0, 0.1) is 6.92 Å². The summed E-state index contributed by atoms with van der Waals surface area (Å²) in [4.78, 5) is 6.90. The summed E-state index contributed by atoms with van der Waals surface area (Å²) in [7, 11) is 0. The van der Waals surface area contributed by atoms with Crippen LogP contribution in [0.5, 0.6) is 0 Å². The molecule has 1 aliphatic rings. The number of nitrogens with two attached hydrogens (primary N) is 1. The lowest BCUT2D eigenvalue weighted by Crippen LogP contribution is -2.17. The van der Waals surface area contributed by atoms with Gasteiger partial charge in [-0.1, -0.05) is 0 Å². The molecule has 3 heterocycles. The molecule has 0 bridgehead atoms. The van der Waals surface area contributed by atoms with E-state index in [1.165, 1.54) is 29.4 Å². The number of aromatic nitrogens is 2. The average Bonchev–Trinajstić information content (AvgIpc) is 2.97. The Kier molecular flexibility index (Phi) is 2.76. The molecule has 1 fully saturated rings. The number of nitrogens with zero attached hydrogens (tertiary/aromatic N) is 3. The molecule has 0 atom stereocenters. The van der Waals surface area contributed by atoms with Gasteiger partial charge in [0.25, 0.3) is 0 Å². The molecule has 1 saturated heterocycles. The first kappa shape index (κ1) is 11.0. The maximum atomic E-state index is 5.99. The molecule has 17 heavy (non-hydrogen) atoms. The largest absolute Gasteiger partial charge is 0.382 e. The number of aryl methyl sites for hydroxylation is 1. The summed E-state index contributed by atoms with van der Waals surface area (Å²) in [5, 5.41) is 4.32. The molecule has 1 aliphatic heterocycles. The Morgan fingerprint density at radius 2 is 2.12 bits per heavy atom. The second-order valence-corrected chi connectivity index (χ2v) is 6.01. The van der Waals surface area contributed by atoms with Crippen molar-refractivity contribution in [2.45, 2.75) is 19.8 Å². The van der Waals surface area contributed by atoms with E-state index >= 15 is 0 Å². The molecule has 2 N–H and O–H groups in total. The fraction of sp³-hybridized carbons (Fsp3) is 0.455. The number of anilines is 2. The smallest absolute Gasteiger partial charge is 0.148 e. The first-order valence-electron chi connectivity index (χ1n) is 5.68. The van der Waals surface area contributed by atoms with Crippen LogP contribution in [0.3, 0.4) is 0 Å². The van der Waals surface area contributed by atoms with Gasteiger partial charge in [-0.15, -0.1) is 11.3 Å². The predicted octanol–water partition coefficient (Wildman–Crippen LogP) is 2.76. The normalized spacial score (nSPS) is 15.7. The zero-order valence-electron chi connectivity index (χ0n) is 9.64. The number of thiazole rings is 1. The van der Waals surface area contributed by atoms with E-state index in [0.29, 0.717) is 5.82 Å². The minimum Gasteiger partial charge on any atom is -0.382 e. The first-order chi connectivity index (χ1) is 8.25. The fourth-order valence-electron chi connectivity index (χ4n) is 2.15. The lowest BCUT2D eigenvalue weighted by molar-refractivity contribution is 0.949. The summed E-state index contributed by atoms with van der Waals surface area (Å²) < 4.78 is 4.29. The fourth-order valence-corrected chi connectivity index (χ4v) is 3.63. The summed E-state index contributed by atoms with van der Waals surface area (Å²) in [5.74, 6) is 0.613. The van der Waals surface area contributed by atoms with Gasteiger partial charge in [0, 0.05) is 18.5 Å². The van der Waals surface area contributed by atoms with Crippen molar-refractivity contribution in [3.8, 4) is 11.3 Å². The zero-order chi connectivity index (χ0) is 11.8. The van der Waals surface area contributed by atoms with Gasteiger partial charge in [0.05, 0.1) is 16.3 Å². The van der Waals surface area contributed by atoms with E-state index < -0.39 is 0 Å². The zero-order valence-corrected chi connectivity index (χ0v) is 11.3. The van der Waals surface area contributed by atoms with Gasteiger partial charge in [-0.25, -0.2) is 4.98 Å². The van der Waals surface area contributed by atoms with Crippen molar-refractivity contribution >= 4 is 33.7 Å². The topological polar surface area (TPSA) is 55.0 Å². The van der Waals surface area contributed by atoms with Gasteiger partial charge in [0.15, 0.2) is 0 Å². The van der Waals surface area contributed by atoms with E-state index in [-0.39, 0.29) is 0 Å². The number of rotatable bonds is 2. The van der Waals surface area contributed by atoms with Crippen molar-refractivity contribution in [2.24, 2.45) is 0 Å². The molecule has 4 nitrogen and oxygen atoms in total. The van der Waals surface area contributed by atoms with Crippen LogP contribution in [-0.4, -0.2) is 22.4 Å². The molecule has 0 radical (unpaired) electrons. The molecule has 0 unspecified atom stereocenters. The summed E-state index contributed by atoms with van der Waals surface area (Å²) in [6, 6.07) is 0. The second kappa shape index (κ2) is 4.27. The lowest BCUT2D eigenvalue weighted by Gasteiger charge is -2.15. The molecule has 2 aromatic heterocycles. The van der Waals surface area contributed by atoms with Gasteiger partial charge in [0.1, 0.15) is 10.8 Å². The van der Waals surface area contributed by atoms with Crippen LogP contribution in [0.15, 0.2) is 5.38 Å². The van der Waals surface area contributed by atoms with Crippen molar-refractivity contribution < 1.29 is 0 Å². The Labute approximate surface area is 108 Å². The minimum absolute atomic E-state index is 0.613. The Hall–Kier alpha value is -1.14. The molecule has 90 valence electrons. The van der Waals surface area contributed by atoms with Gasteiger partial charge < -0.3 is 10.6 Å². The van der Waals surface area contributed by atoms with Crippen molar-refractivity contribution in [1.82, 2.24) is 9.36 Å². The maximum Gasteiger partial charge on any atom is 0.148 e. The predicted molar refractivity (Wildman–Crippen MR) is 73.8 cm³/mol. The molecule has 6 heteroatoms. The highest BCUT2D eigenvalue weighted by Gasteiger charge is 2.22. The maximum absolute atomic E-state index is 5.99. The second-order valence-electron chi connectivity index (χ2n) is 4.19. The van der Waals surface area contributed by atoms with Gasteiger partial charge in [-0.05, 0) is 31.3 Å². The van der Waals surface area contributed by atoms with E-state index in [1.54, 1.807) is 11.3 Å². The summed E-state index contributed by atoms with van der Waals surface area (Å²) in [6.07, 6.45) is 2.51. The van der Waals surface area contributed by atoms with Crippen LogP contribution in [0.2, 0.25) is 0 Å². The molecule has 2 aromatic rings. The Balaban J connectivity index is 2.05. The van der Waals surface area contributed by atoms with Crippen molar-refractivity contribution in [3.63, 3.8) is 0 Å². The van der Waals surface area contributed by atoms with Crippen LogP contribution in [-0.2, 0) is 0 Å². The van der Waals surface area contributed by atoms with Gasteiger partial charge >= 0.3 is 0 Å². The van der Waals surface area contributed by atoms with E-state index in [2.05, 4.69) is 19.6 Å². The lowest BCUT2D eigenvalue weighted by atomic mass is 10.2. The molecule has 0 saturated carbocycles. The highest BCUT2D eigenvalue weighted by Crippen LogP contribution is 2.40. The highest BCUT2D eigenvalue weighted by molar-refractivity contribution is 7.11. The number of hydrogen-bond acceptors (Lipinski definition) is 6. The first-order valence-corrected chi connectivity index (χ1v) is 7.33. The summed E-state index contributed by atoms with van der Waals surface area (Å²) >= 11 is 3.15. The molecule has 3 rings (SSSR count). The van der Waals surface area contributed by atoms with Gasteiger partial charge in [-0.2, -0.15) is 4.37 Å². The Bertz CT molecular complexity index is 525. The standard InChI is InChI=1S/C11H14N4S2/c1-7-13-8(6-16-7)9-10(12)14-17-11(9)15-4-2-3-5-15/h6H,2-5H2,1H3,(H2,12,14). The average molecular weight is 266 g/mol. The van der Waals surface area contributed by atoms with Gasteiger partial charge in [0.2, 0.25) is 0 Å². The monoisotopic (exact) mass is 266 g/mol. The number of nitrogen functional groups attached to an aromatic ring is 1. The van der Waals surface area contributed by atoms with Gasteiger partial charge in [-0.3, -0.25) is 0 Å². The van der Waals surface area contributed by atoms with Crippen LogP contribution >= 0.6 is 22.9 Å². The van der Waals surface area contributed by atoms with E-state index in [1.807, 2.05) is 6.92 Å². The molecular formula is C11H14N4S2. The molecule has 0 aromatic carbocycles. The van der Waals surface area contributed by atoms with Crippen LogP contribution in [0.1, 0.15) is 17.8 Å². The van der Waals surface area contributed by atoms with Crippen molar-refractivity contribution in [2.75, 3.05) is 23.7 Å². The third kappa shape index (κ3) is 1.91. The Morgan fingerprint density at radius 1 is 1.35 bits per heavy atom. The van der Waals surface area contributed by atoms with Crippen LogP contribution < -0.4 is 10.6 Å². The van der Waals surface area contributed by atoms with E-state index in [4.69, 9.17) is 5.73 Å². The quantitative estimate of drug-likeness (QED) is 0.908. The third-order valence-electron chi connectivity index (χ3n) is 2.97. The SMILES string of the molecule is Cc1nc(-c2c(N)nsc2N2CCCC2)cs1. The molecule has 0 amide bonds. The van der Waals surface area contributed by atoms with Crippen molar-refractivity contribution in [3.05, 3.63) is 10.4 Å². The van der Waals surface area contributed by atoms with E-state index in [9.17, 15) is 0 Å². The molecular weight excluding hydrogens is 252 g/mol. The molecule has 0 aliphatic carbocycles. The van der Waals surface area contributed by atoms with Crippen LogP contribution in [0.4, 0.5) is 10.8 Å². The molecule has 0 spiro atoms. The van der Waals surface area contributed by atoms with Crippen LogP contribution in [0.25, 0.3) is 11.3 Å². The third-order valence-corrected chi connectivity index (χ3v) is 4.67. The van der Waals surface area contributed by atoms with E-state index in [0.717, 1.165) is 29.4 Å². The van der Waals surface area contributed by atoms with Crippen molar-refractivity contribution in [1.29, 1.82) is 0 Å². The number of hydrogen-bond donors (Lipinski definition) is 1. The summed E-state index contributed by atoms with van der Waals surface area (Å²) in [6.45, 7) is 4.23.